The van der Waals surface area contributed by atoms with Crippen molar-refractivity contribution in [3.05, 3.63) is 59.1 Å². The molecule has 2 aromatic rings. The van der Waals surface area contributed by atoms with Gasteiger partial charge in [-0.15, -0.1) is 0 Å². The maximum atomic E-state index is 11.8. The molecule has 0 aromatic heterocycles. The molecule has 22 heavy (non-hydrogen) atoms. The molecular formula is C16H16BrN3O2. The summed E-state index contributed by atoms with van der Waals surface area (Å²) in [6.07, 6.45) is 0.203. The lowest BCUT2D eigenvalue weighted by Crippen LogP contribution is -2.31. The molecule has 2 aromatic carbocycles. The van der Waals surface area contributed by atoms with Gasteiger partial charge in [-0.3, -0.25) is 4.79 Å². The molecule has 114 valence electrons. The monoisotopic (exact) mass is 361 g/mol. The van der Waals surface area contributed by atoms with E-state index < -0.39 is 0 Å². The van der Waals surface area contributed by atoms with E-state index >= 15 is 0 Å². The smallest absolute Gasteiger partial charge is 0.319 e. The van der Waals surface area contributed by atoms with E-state index in [-0.39, 0.29) is 24.9 Å². The number of benzene rings is 2. The first-order valence-electron chi connectivity index (χ1n) is 6.79. The summed E-state index contributed by atoms with van der Waals surface area (Å²) in [6.45, 7) is 0.262. The van der Waals surface area contributed by atoms with Crippen LogP contribution in [-0.4, -0.2) is 18.5 Å². The summed E-state index contributed by atoms with van der Waals surface area (Å²) in [6, 6.07) is 16.1. The van der Waals surface area contributed by atoms with Crippen LogP contribution in [0.3, 0.4) is 0 Å². The highest BCUT2D eigenvalue weighted by molar-refractivity contribution is 9.10. The minimum Gasteiger partial charge on any atom is -0.337 e. The zero-order valence-electron chi connectivity index (χ0n) is 11.8. The van der Waals surface area contributed by atoms with E-state index in [1.54, 1.807) is 18.2 Å². The zero-order chi connectivity index (χ0) is 15.8. The van der Waals surface area contributed by atoms with Gasteiger partial charge in [0.15, 0.2) is 0 Å². The lowest BCUT2D eigenvalue weighted by molar-refractivity contribution is -0.116. The van der Waals surface area contributed by atoms with Crippen LogP contribution >= 0.6 is 15.9 Å². The minimum absolute atomic E-state index is 0.155. The summed E-state index contributed by atoms with van der Waals surface area (Å²) in [5.74, 6) is -0.155. The van der Waals surface area contributed by atoms with Crippen LogP contribution in [0.25, 0.3) is 0 Å². The van der Waals surface area contributed by atoms with E-state index in [2.05, 4.69) is 31.9 Å². The average molecular weight is 362 g/mol. The predicted octanol–water partition coefficient (Wildman–Crippen LogP) is 3.60. The Bertz CT molecular complexity index is 647. The van der Waals surface area contributed by atoms with Crippen molar-refractivity contribution in [2.24, 2.45) is 0 Å². The quantitative estimate of drug-likeness (QED) is 0.761. The number of amides is 3. The molecule has 3 amide bonds. The van der Waals surface area contributed by atoms with E-state index in [1.807, 2.05) is 36.4 Å². The highest BCUT2D eigenvalue weighted by Gasteiger charge is 2.05. The van der Waals surface area contributed by atoms with Gasteiger partial charge in [0.25, 0.3) is 0 Å². The molecule has 6 heteroatoms. The van der Waals surface area contributed by atoms with Gasteiger partial charge in [-0.05, 0) is 30.3 Å². The van der Waals surface area contributed by atoms with Gasteiger partial charge in [-0.2, -0.15) is 0 Å². The molecule has 0 atom stereocenters. The molecule has 0 unspecified atom stereocenters. The zero-order valence-corrected chi connectivity index (χ0v) is 13.4. The van der Waals surface area contributed by atoms with Crippen LogP contribution in [0.15, 0.2) is 59.1 Å². The first kappa shape index (κ1) is 16.0. The Kier molecular flexibility index (Phi) is 5.97. The van der Waals surface area contributed by atoms with Gasteiger partial charge in [0, 0.05) is 28.8 Å². The molecule has 0 bridgehead atoms. The topological polar surface area (TPSA) is 70.2 Å². The molecule has 3 N–H and O–H groups in total. The standard InChI is InChI=1S/C16H16BrN3O2/c17-12-5-4-8-14(11-12)19-15(21)9-10-18-16(22)20-13-6-2-1-3-7-13/h1-8,11H,9-10H2,(H,19,21)(H2,18,20,22). The van der Waals surface area contributed by atoms with E-state index in [0.29, 0.717) is 11.4 Å². The third-order valence-electron chi connectivity index (χ3n) is 2.78. The van der Waals surface area contributed by atoms with Crippen LogP contribution in [-0.2, 0) is 4.79 Å². The van der Waals surface area contributed by atoms with Gasteiger partial charge in [-0.1, -0.05) is 40.2 Å². The summed E-state index contributed by atoms with van der Waals surface area (Å²) in [7, 11) is 0. The van der Waals surface area contributed by atoms with Crippen molar-refractivity contribution in [1.29, 1.82) is 0 Å². The number of para-hydroxylation sites is 1. The van der Waals surface area contributed by atoms with E-state index in [4.69, 9.17) is 0 Å². The number of hydrogen-bond donors (Lipinski definition) is 3. The SMILES string of the molecule is O=C(CCNC(=O)Nc1ccccc1)Nc1cccc(Br)c1. The van der Waals surface area contributed by atoms with Crippen LogP contribution in [0.5, 0.6) is 0 Å². The van der Waals surface area contributed by atoms with E-state index in [1.165, 1.54) is 0 Å². The normalized spacial score (nSPS) is 9.86. The van der Waals surface area contributed by atoms with Gasteiger partial charge in [0.1, 0.15) is 0 Å². The highest BCUT2D eigenvalue weighted by Crippen LogP contribution is 2.15. The van der Waals surface area contributed by atoms with Crippen molar-refractivity contribution in [3.63, 3.8) is 0 Å². The van der Waals surface area contributed by atoms with Crippen molar-refractivity contribution < 1.29 is 9.59 Å². The van der Waals surface area contributed by atoms with Gasteiger partial charge >= 0.3 is 6.03 Å². The van der Waals surface area contributed by atoms with Gasteiger partial charge < -0.3 is 16.0 Å². The Labute approximate surface area is 137 Å². The lowest BCUT2D eigenvalue weighted by Gasteiger charge is -2.08. The molecule has 0 aliphatic heterocycles. The summed E-state index contributed by atoms with van der Waals surface area (Å²) in [5, 5.41) is 8.09. The Morgan fingerprint density at radius 3 is 2.36 bits per heavy atom. The summed E-state index contributed by atoms with van der Waals surface area (Å²) in [5.41, 5.74) is 1.42. The number of halogens is 1. The van der Waals surface area contributed by atoms with Crippen molar-refractivity contribution in [2.75, 3.05) is 17.2 Å². The number of carbonyl (C=O) groups is 2. The van der Waals surface area contributed by atoms with E-state index in [9.17, 15) is 9.59 Å². The van der Waals surface area contributed by atoms with Crippen LogP contribution in [0.4, 0.5) is 16.2 Å². The van der Waals surface area contributed by atoms with Gasteiger partial charge in [-0.25, -0.2) is 4.79 Å². The van der Waals surface area contributed by atoms with Gasteiger partial charge in [0.2, 0.25) is 5.91 Å². The molecule has 0 aliphatic rings. The fraction of sp³-hybridized carbons (Fsp3) is 0.125. The predicted molar refractivity (Wildman–Crippen MR) is 90.9 cm³/mol. The van der Waals surface area contributed by atoms with Gasteiger partial charge in [0.05, 0.1) is 0 Å². The molecular weight excluding hydrogens is 346 g/mol. The maximum Gasteiger partial charge on any atom is 0.319 e. The summed E-state index contributed by atoms with van der Waals surface area (Å²) < 4.78 is 0.894. The molecule has 0 fully saturated rings. The molecule has 2 rings (SSSR count). The second-order valence-corrected chi connectivity index (χ2v) is 5.47. The number of urea groups is 1. The lowest BCUT2D eigenvalue weighted by atomic mass is 10.3. The highest BCUT2D eigenvalue weighted by atomic mass is 79.9. The molecule has 0 saturated carbocycles. The average Bonchev–Trinajstić information content (AvgIpc) is 2.48. The van der Waals surface area contributed by atoms with Crippen LogP contribution in [0, 0.1) is 0 Å². The Morgan fingerprint density at radius 1 is 0.909 bits per heavy atom. The minimum atomic E-state index is -0.332. The molecule has 0 saturated heterocycles. The Balaban J connectivity index is 1.69. The summed E-state index contributed by atoms with van der Waals surface area (Å²) in [4.78, 5) is 23.4. The Hall–Kier alpha value is -2.34. The number of carbonyl (C=O) groups excluding carboxylic acids is 2. The fourth-order valence-corrected chi connectivity index (χ4v) is 2.18. The first-order valence-corrected chi connectivity index (χ1v) is 7.58. The second kappa shape index (κ2) is 8.19. The number of nitrogens with one attached hydrogen (secondary N) is 3. The molecule has 5 nitrogen and oxygen atoms in total. The third kappa shape index (κ3) is 5.57. The largest absolute Gasteiger partial charge is 0.337 e. The van der Waals surface area contributed by atoms with Crippen LogP contribution < -0.4 is 16.0 Å². The molecule has 0 aliphatic carbocycles. The van der Waals surface area contributed by atoms with Crippen molar-refractivity contribution >= 4 is 39.2 Å². The number of hydrogen-bond acceptors (Lipinski definition) is 2. The number of rotatable bonds is 5. The van der Waals surface area contributed by atoms with Crippen LogP contribution in [0.2, 0.25) is 0 Å². The number of anilines is 2. The first-order chi connectivity index (χ1) is 10.6. The molecule has 0 spiro atoms. The molecule has 0 radical (unpaired) electrons. The van der Waals surface area contributed by atoms with E-state index in [0.717, 1.165) is 4.47 Å². The maximum absolute atomic E-state index is 11.8. The molecule has 0 heterocycles. The Morgan fingerprint density at radius 2 is 1.64 bits per heavy atom. The van der Waals surface area contributed by atoms with Crippen LogP contribution in [0.1, 0.15) is 6.42 Å². The second-order valence-electron chi connectivity index (χ2n) is 4.56. The summed E-state index contributed by atoms with van der Waals surface area (Å²) >= 11 is 3.34. The fourth-order valence-electron chi connectivity index (χ4n) is 1.78. The van der Waals surface area contributed by atoms with Crippen molar-refractivity contribution in [3.8, 4) is 0 Å². The van der Waals surface area contributed by atoms with Crippen molar-refractivity contribution in [2.45, 2.75) is 6.42 Å². The third-order valence-corrected chi connectivity index (χ3v) is 3.27. The van der Waals surface area contributed by atoms with Crippen molar-refractivity contribution in [1.82, 2.24) is 5.32 Å².